The number of amides is 1. The fraction of sp³-hybridized carbons (Fsp3) is 0.429. The Hall–Kier alpha value is -1.92. The summed E-state index contributed by atoms with van der Waals surface area (Å²) < 4.78 is 0. The summed E-state index contributed by atoms with van der Waals surface area (Å²) >= 11 is 0. The lowest BCUT2D eigenvalue weighted by Crippen LogP contribution is -2.38. The number of hydrogen-bond donors (Lipinski definition) is 2. The van der Waals surface area contributed by atoms with Gasteiger partial charge in [0.05, 0.1) is 17.9 Å². The second kappa shape index (κ2) is 5.22. The molecule has 6 nitrogen and oxygen atoms in total. The van der Waals surface area contributed by atoms with Crippen molar-refractivity contribution in [3.63, 3.8) is 0 Å². The van der Waals surface area contributed by atoms with Crippen LogP contribution in [0.25, 0.3) is 0 Å². The van der Waals surface area contributed by atoms with E-state index in [0.717, 1.165) is 11.3 Å². The molecule has 2 aliphatic heterocycles. The Balaban J connectivity index is 1.63. The van der Waals surface area contributed by atoms with Gasteiger partial charge >= 0.3 is 0 Å². The van der Waals surface area contributed by atoms with E-state index in [1.54, 1.807) is 0 Å². The zero-order chi connectivity index (χ0) is 14.1. The summed E-state index contributed by atoms with van der Waals surface area (Å²) in [4.78, 5) is 18.8. The third-order valence-electron chi connectivity index (χ3n) is 3.62. The van der Waals surface area contributed by atoms with Crippen LogP contribution in [0.4, 0.5) is 0 Å². The van der Waals surface area contributed by atoms with Crippen molar-refractivity contribution in [1.29, 1.82) is 0 Å². The van der Waals surface area contributed by atoms with E-state index in [2.05, 4.69) is 5.16 Å². The molecule has 2 N–H and O–H groups in total. The Kier molecular flexibility index (Phi) is 3.42. The van der Waals surface area contributed by atoms with Crippen molar-refractivity contribution < 1.29 is 19.8 Å². The smallest absolute Gasteiger partial charge is 0.267 e. The quantitative estimate of drug-likeness (QED) is 0.780. The zero-order valence-electron chi connectivity index (χ0n) is 10.8. The number of carbonyl (C=O) groups is 1. The predicted octanol–water partition coefficient (Wildman–Crippen LogP) is -0.256. The van der Waals surface area contributed by atoms with E-state index in [1.807, 2.05) is 30.3 Å². The summed E-state index contributed by atoms with van der Waals surface area (Å²) in [6, 6.07) is 9.55. The molecule has 1 aromatic rings. The van der Waals surface area contributed by atoms with Crippen LogP contribution in [-0.4, -0.2) is 58.1 Å². The molecule has 20 heavy (non-hydrogen) atoms. The molecule has 106 valence electrons. The second-order valence-electron chi connectivity index (χ2n) is 5.08. The number of benzene rings is 1. The Morgan fingerprint density at radius 3 is 2.50 bits per heavy atom. The number of nitrogens with zero attached hydrogens (tertiary/aromatic N) is 2. The highest BCUT2D eigenvalue weighted by Crippen LogP contribution is 2.20. The topological polar surface area (TPSA) is 82.4 Å². The molecule has 0 saturated carbocycles. The van der Waals surface area contributed by atoms with Gasteiger partial charge in [0.25, 0.3) is 5.91 Å². The SMILES string of the molecule is O=C(C1CC(c2ccccc2)=NO1)N1CC(O)C(O)C1. The number of rotatable bonds is 2. The zero-order valence-corrected chi connectivity index (χ0v) is 10.8. The van der Waals surface area contributed by atoms with Crippen molar-refractivity contribution in [3.8, 4) is 0 Å². The number of aliphatic hydroxyl groups excluding tert-OH is 2. The molecule has 1 amide bonds. The molecule has 0 bridgehead atoms. The summed E-state index contributed by atoms with van der Waals surface area (Å²) in [7, 11) is 0. The minimum Gasteiger partial charge on any atom is -0.388 e. The lowest BCUT2D eigenvalue weighted by molar-refractivity contribution is -0.141. The standard InChI is InChI=1S/C14H16N2O4/c17-11-7-16(8-12(11)18)14(19)13-6-10(15-20-13)9-4-2-1-3-5-9/h1-5,11-13,17-18H,6-8H2. The molecule has 6 heteroatoms. The van der Waals surface area contributed by atoms with Crippen LogP contribution in [0.5, 0.6) is 0 Å². The number of likely N-dealkylation sites (tertiary alicyclic amines) is 1. The number of carbonyl (C=O) groups excluding carboxylic acids is 1. The van der Waals surface area contributed by atoms with E-state index in [9.17, 15) is 15.0 Å². The summed E-state index contributed by atoms with van der Waals surface area (Å²) in [6.07, 6.45) is -2.02. The molecule has 2 aliphatic rings. The van der Waals surface area contributed by atoms with E-state index in [4.69, 9.17) is 4.84 Å². The molecule has 1 fully saturated rings. The van der Waals surface area contributed by atoms with E-state index in [-0.39, 0.29) is 19.0 Å². The Morgan fingerprint density at radius 2 is 1.85 bits per heavy atom. The van der Waals surface area contributed by atoms with Crippen LogP contribution >= 0.6 is 0 Å². The number of β-amino-alcohol motifs (C(OH)–C–C–N with tert-alkyl or cyclic N) is 2. The van der Waals surface area contributed by atoms with Crippen molar-refractivity contribution in [2.45, 2.75) is 24.7 Å². The minimum absolute atomic E-state index is 0.139. The van der Waals surface area contributed by atoms with Crippen molar-refractivity contribution >= 4 is 11.6 Å². The highest BCUT2D eigenvalue weighted by atomic mass is 16.6. The predicted molar refractivity (Wildman–Crippen MR) is 71.1 cm³/mol. The van der Waals surface area contributed by atoms with E-state index in [1.165, 1.54) is 4.90 Å². The first-order valence-corrected chi connectivity index (χ1v) is 6.58. The molecule has 0 aromatic heterocycles. The summed E-state index contributed by atoms with van der Waals surface area (Å²) in [6.45, 7) is 0.279. The van der Waals surface area contributed by atoms with Crippen LogP contribution in [0.1, 0.15) is 12.0 Å². The van der Waals surface area contributed by atoms with Crippen LogP contribution in [0.2, 0.25) is 0 Å². The lowest BCUT2D eigenvalue weighted by Gasteiger charge is -2.18. The van der Waals surface area contributed by atoms with Gasteiger partial charge in [-0.3, -0.25) is 4.79 Å². The van der Waals surface area contributed by atoms with Gasteiger partial charge in [-0.15, -0.1) is 0 Å². The maximum Gasteiger partial charge on any atom is 0.267 e. The summed E-state index contributed by atoms with van der Waals surface area (Å²) in [5, 5.41) is 22.9. The van der Waals surface area contributed by atoms with E-state index in [0.29, 0.717) is 6.42 Å². The number of oxime groups is 1. The summed E-state index contributed by atoms with van der Waals surface area (Å²) in [5.41, 5.74) is 1.67. The van der Waals surface area contributed by atoms with Crippen molar-refractivity contribution in [1.82, 2.24) is 4.90 Å². The first-order chi connectivity index (χ1) is 9.65. The Labute approximate surface area is 116 Å². The first kappa shape index (κ1) is 13.1. The molecule has 3 unspecified atom stereocenters. The first-order valence-electron chi connectivity index (χ1n) is 6.58. The van der Waals surface area contributed by atoms with Crippen LogP contribution in [0.15, 0.2) is 35.5 Å². The van der Waals surface area contributed by atoms with E-state index >= 15 is 0 Å². The van der Waals surface area contributed by atoms with Crippen molar-refractivity contribution in [3.05, 3.63) is 35.9 Å². The highest BCUT2D eigenvalue weighted by Gasteiger charge is 2.38. The maximum atomic E-state index is 12.2. The molecule has 3 atom stereocenters. The van der Waals surface area contributed by atoms with Gasteiger partial charge in [0.1, 0.15) is 0 Å². The van der Waals surface area contributed by atoms with Gasteiger partial charge in [-0.05, 0) is 5.56 Å². The van der Waals surface area contributed by atoms with Crippen LogP contribution < -0.4 is 0 Å². The number of aliphatic hydroxyl groups is 2. The lowest BCUT2D eigenvalue weighted by atomic mass is 10.0. The van der Waals surface area contributed by atoms with Gasteiger partial charge in [0, 0.05) is 19.5 Å². The van der Waals surface area contributed by atoms with Crippen LogP contribution in [-0.2, 0) is 9.63 Å². The van der Waals surface area contributed by atoms with Gasteiger partial charge in [-0.1, -0.05) is 35.5 Å². The molecule has 1 aromatic carbocycles. The van der Waals surface area contributed by atoms with E-state index < -0.39 is 18.3 Å². The number of hydrogen-bond acceptors (Lipinski definition) is 5. The van der Waals surface area contributed by atoms with Gasteiger partial charge in [-0.2, -0.15) is 0 Å². The van der Waals surface area contributed by atoms with Gasteiger partial charge in [-0.25, -0.2) is 0 Å². The maximum absolute atomic E-state index is 12.2. The molecule has 0 aliphatic carbocycles. The molecule has 3 rings (SSSR count). The molecular weight excluding hydrogens is 260 g/mol. The molecule has 0 spiro atoms. The monoisotopic (exact) mass is 276 g/mol. The van der Waals surface area contributed by atoms with Crippen LogP contribution in [0, 0.1) is 0 Å². The Bertz CT molecular complexity index is 521. The van der Waals surface area contributed by atoms with Crippen molar-refractivity contribution in [2.24, 2.45) is 5.16 Å². The average molecular weight is 276 g/mol. The fourth-order valence-electron chi connectivity index (χ4n) is 2.46. The van der Waals surface area contributed by atoms with Crippen molar-refractivity contribution in [2.75, 3.05) is 13.1 Å². The van der Waals surface area contributed by atoms with Gasteiger partial charge in [0.2, 0.25) is 6.10 Å². The van der Waals surface area contributed by atoms with Crippen LogP contribution in [0.3, 0.4) is 0 Å². The molecule has 2 heterocycles. The Morgan fingerprint density at radius 1 is 1.20 bits per heavy atom. The third-order valence-corrected chi connectivity index (χ3v) is 3.62. The normalized spacial score (nSPS) is 29.2. The molecular formula is C14H16N2O4. The molecule has 0 radical (unpaired) electrons. The largest absolute Gasteiger partial charge is 0.388 e. The molecule has 1 saturated heterocycles. The third kappa shape index (κ3) is 2.39. The van der Waals surface area contributed by atoms with Gasteiger partial charge in [0.15, 0.2) is 0 Å². The average Bonchev–Trinajstić information content (AvgIpc) is 3.07. The summed E-state index contributed by atoms with van der Waals surface area (Å²) in [5.74, 6) is -0.240. The second-order valence-corrected chi connectivity index (χ2v) is 5.08. The minimum atomic E-state index is -0.880. The fourth-order valence-corrected chi connectivity index (χ4v) is 2.46. The van der Waals surface area contributed by atoms with Gasteiger partial charge < -0.3 is 20.0 Å². The highest BCUT2D eigenvalue weighted by molar-refractivity contribution is 6.04.